The molecule has 2 heterocycles. The summed E-state index contributed by atoms with van der Waals surface area (Å²) in [5.74, 6) is 3.01. The van der Waals surface area contributed by atoms with Crippen molar-refractivity contribution in [3.05, 3.63) is 41.5 Å². The first-order valence-electron chi connectivity index (χ1n) is 7.92. The molecule has 5 nitrogen and oxygen atoms in total. The van der Waals surface area contributed by atoms with Crippen molar-refractivity contribution >= 4 is 5.82 Å². The fourth-order valence-electron chi connectivity index (χ4n) is 2.54. The Bertz CT molecular complexity index is 623. The molecule has 0 saturated heterocycles. The fraction of sp³-hybridized carbons (Fsp3) is 0.471. The van der Waals surface area contributed by atoms with Crippen molar-refractivity contribution in [1.29, 1.82) is 0 Å². The van der Waals surface area contributed by atoms with E-state index < -0.39 is 0 Å². The first-order chi connectivity index (χ1) is 10.7. The van der Waals surface area contributed by atoms with Gasteiger partial charge < -0.3 is 10.1 Å². The summed E-state index contributed by atoms with van der Waals surface area (Å²) in [5, 5.41) is 3.36. The minimum atomic E-state index is 0.620. The first kappa shape index (κ1) is 14.8. The second-order valence-corrected chi connectivity index (χ2v) is 5.64. The van der Waals surface area contributed by atoms with Crippen molar-refractivity contribution in [2.24, 2.45) is 0 Å². The number of ether oxygens (including phenoxy) is 1. The lowest BCUT2D eigenvalue weighted by Gasteiger charge is -2.25. The van der Waals surface area contributed by atoms with Crippen LogP contribution in [0.5, 0.6) is 5.88 Å². The minimum absolute atomic E-state index is 0.620. The second-order valence-electron chi connectivity index (χ2n) is 5.64. The SMILES string of the molecule is CCOc1ccc(CNc2cc(C3CCC3)nc(C)n2)cn1. The van der Waals surface area contributed by atoms with Gasteiger partial charge >= 0.3 is 0 Å². The van der Waals surface area contributed by atoms with E-state index in [1.165, 1.54) is 25.0 Å². The largest absolute Gasteiger partial charge is 0.478 e. The van der Waals surface area contributed by atoms with Crippen LogP contribution in [-0.4, -0.2) is 21.6 Å². The summed E-state index contributed by atoms with van der Waals surface area (Å²) in [6, 6.07) is 6.00. The normalized spacial score (nSPS) is 14.5. The van der Waals surface area contributed by atoms with Gasteiger partial charge in [-0.05, 0) is 32.3 Å². The van der Waals surface area contributed by atoms with E-state index in [-0.39, 0.29) is 0 Å². The molecule has 116 valence electrons. The Morgan fingerprint density at radius 2 is 2.14 bits per heavy atom. The Morgan fingerprint density at radius 1 is 1.27 bits per heavy atom. The van der Waals surface area contributed by atoms with Gasteiger partial charge in [0.1, 0.15) is 11.6 Å². The summed E-state index contributed by atoms with van der Waals surface area (Å²) in [7, 11) is 0. The maximum atomic E-state index is 5.35. The van der Waals surface area contributed by atoms with E-state index in [1.54, 1.807) is 0 Å². The lowest BCUT2D eigenvalue weighted by Crippen LogP contribution is -2.13. The number of aromatic nitrogens is 3. The molecule has 0 atom stereocenters. The number of hydrogen-bond acceptors (Lipinski definition) is 5. The van der Waals surface area contributed by atoms with Crippen molar-refractivity contribution < 1.29 is 4.74 Å². The predicted octanol–water partition coefficient (Wildman–Crippen LogP) is 3.46. The van der Waals surface area contributed by atoms with Gasteiger partial charge in [0.15, 0.2) is 0 Å². The number of rotatable bonds is 6. The van der Waals surface area contributed by atoms with Crippen molar-refractivity contribution in [3.63, 3.8) is 0 Å². The van der Waals surface area contributed by atoms with E-state index in [4.69, 9.17) is 4.74 Å². The molecule has 1 aliphatic rings. The summed E-state index contributed by atoms with van der Waals surface area (Å²) >= 11 is 0. The summed E-state index contributed by atoms with van der Waals surface area (Å²) < 4.78 is 5.35. The molecule has 0 radical (unpaired) electrons. The van der Waals surface area contributed by atoms with E-state index in [1.807, 2.05) is 32.2 Å². The molecule has 0 unspecified atom stereocenters. The smallest absolute Gasteiger partial charge is 0.213 e. The zero-order valence-corrected chi connectivity index (χ0v) is 13.2. The molecule has 1 saturated carbocycles. The lowest BCUT2D eigenvalue weighted by molar-refractivity contribution is 0.326. The third-order valence-electron chi connectivity index (χ3n) is 3.94. The number of pyridine rings is 1. The number of hydrogen-bond donors (Lipinski definition) is 1. The van der Waals surface area contributed by atoms with Crippen LogP contribution in [0, 0.1) is 6.92 Å². The Morgan fingerprint density at radius 3 is 2.77 bits per heavy atom. The Balaban J connectivity index is 1.64. The Kier molecular flexibility index (Phi) is 4.51. The van der Waals surface area contributed by atoms with Gasteiger partial charge in [-0.1, -0.05) is 12.5 Å². The highest BCUT2D eigenvalue weighted by Crippen LogP contribution is 2.35. The average Bonchev–Trinajstić information content (AvgIpc) is 2.44. The zero-order chi connectivity index (χ0) is 15.4. The molecule has 2 aromatic rings. The Hall–Kier alpha value is -2.17. The standard InChI is InChI=1S/C17H22N4O/c1-3-22-17-8-7-13(11-19-17)10-18-16-9-15(14-5-4-6-14)20-12(2)21-16/h7-9,11,14H,3-6,10H2,1-2H3,(H,18,20,21). The number of aryl methyl sites for hydroxylation is 1. The molecular formula is C17H22N4O. The molecule has 22 heavy (non-hydrogen) atoms. The molecule has 0 aliphatic heterocycles. The van der Waals surface area contributed by atoms with Gasteiger partial charge in [0.2, 0.25) is 5.88 Å². The molecule has 5 heteroatoms. The first-order valence-corrected chi connectivity index (χ1v) is 7.92. The van der Waals surface area contributed by atoms with Crippen LogP contribution in [0.15, 0.2) is 24.4 Å². The maximum Gasteiger partial charge on any atom is 0.213 e. The highest BCUT2D eigenvalue weighted by atomic mass is 16.5. The van der Waals surface area contributed by atoms with Crippen LogP contribution in [0.4, 0.5) is 5.82 Å². The Labute approximate surface area is 131 Å². The van der Waals surface area contributed by atoms with Gasteiger partial charge in [-0.25, -0.2) is 15.0 Å². The van der Waals surface area contributed by atoms with Crippen LogP contribution >= 0.6 is 0 Å². The summed E-state index contributed by atoms with van der Waals surface area (Å²) in [6.45, 7) is 5.23. The molecular weight excluding hydrogens is 276 g/mol. The summed E-state index contributed by atoms with van der Waals surface area (Å²) in [5.41, 5.74) is 2.27. The molecule has 0 amide bonds. The summed E-state index contributed by atoms with van der Waals surface area (Å²) in [4.78, 5) is 13.3. The second kappa shape index (κ2) is 6.73. The molecule has 1 fully saturated rings. The van der Waals surface area contributed by atoms with Crippen molar-refractivity contribution in [3.8, 4) is 5.88 Å². The van der Waals surface area contributed by atoms with Gasteiger partial charge in [0.05, 0.1) is 6.61 Å². The van der Waals surface area contributed by atoms with Crippen LogP contribution in [0.1, 0.15) is 49.2 Å². The number of nitrogens with one attached hydrogen (secondary N) is 1. The molecule has 0 spiro atoms. The van der Waals surface area contributed by atoms with E-state index in [0.29, 0.717) is 24.9 Å². The van der Waals surface area contributed by atoms with Crippen LogP contribution in [0.25, 0.3) is 0 Å². The monoisotopic (exact) mass is 298 g/mol. The zero-order valence-electron chi connectivity index (χ0n) is 13.2. The summed E-state index contributed by atoms with van der Waals surface area (Å²) in [6.07, 6.45) is 5.64. The number of nitrogens with zero attached hydrogens (tertiary/aromatic N) is 3. The van der Waals surface area contributed by atoms with Crippen molar-refractivity contribution in [2.45, 2.75) is 45.6 Å². The molecule has 0 bridgehead atoms. The van der Waals surface area contributed by atoms with Crippen LogP contribution in [0.2, 0.25) is 0 Å². The van der Waals surface area contributed by atoms with Gasteiger partial charge in [-0.3, -0.25) is 0 Å². The van der Waals surface area contributed by atoms with Gasteiger partial charge in [0, 0.05) is 36.5 Å². The molecule has 1 N–H and O–H groups in total. The van der Waals surface area contributed by atoms with E-state index in [0.717, 1.165) is 17.2 Å². The molecule has 1 aliphatic carbocycles. The van der Waals surface area contributed by atoms with Crippen LogP contribution < -0.4 is 10.1 Å². The molecule has 2 aromatic heterocycles. The maximum absolute atomic E-state index is 5.35. The quantitative estimate of drug-likeness (QED) is 0.885. The van der Waals surface area contributed by atoms with Gasteiger partial charge in [-0.2, -0.15) is 0 Å². The van der Waals surface area contributed by atoms with E-state index in [2.05, 4.69) is 26.3 Å². The molecule has 0 aromatic carbocycles. The molecule has 3 rings (SSSR count). The average molecular weight is 298 g/mol. The van der Waals surface area contributed by atoms with E-state index >= 15 is 0 Å². The minimum Gasteiger partial charge on any atom is -0.478 e. The van der Waals surface area contributed by atoms with Crippen molar-refractivity contribution in [1.82, 2.24) is 15.0 Å². The van der Waals surface area contributed by atoms with Crippen LogP contribution in [0.3, 0.4) is 0 Å². The third kappa shape index (κ3) is 3.53. The van der Waals surface area contributed by atoms with Crippen molar-refractivity contribution in [2.75, 3.05) is 11.9 Å². The van der Waals surface area contributed by atoms with E-state index in [9.17, 15) is 0 Å². The van der Waals surface area contributed by atoms with Gasteiger partial charge in [0.25, 0.3) is 0 Å². The fourth-order valence-corrected chi connectivity index (χ4v) is 2.54. The lowest BCUT2D eigenvalue weighted by atomic mass is 9.83. The highest BCUT2D eigenvalue weighted by Gasteiger charge is 2.21. The topological polar surface area (TPSA) is 59.9 Å². The highest BCUT2D eigenvalue weighted by molar-refractivity contribution is 5.38. The van der Waals surface area contributed by atoms with Crippen LogP contribution in [-0.2, 0) is 6.54 Å². The third-order valence-corrected chi connectivity index (χ3v) is 3.94. The van der Waals surface area contributed by atoms with Gasteiger partial charge in [-0.15, -0.1) is 0 Å². The number of anilines is 1. The predicted molar refractivity (Wildman–Crippen MR) is 86.1 cm³/mol.